The third kappa shape index (κ3) is 8.89. The normalized spacial score (nSPS) is 17.0. The largest absolute Gasteiger partial charge is 0.478 e. The Labute approximate surface area is 141 Å². The average Bonchev–Trinajstić information content (AvgIpc) is 3.33. The van der Waals surface area contributed by atoms with Crippen LogP contribution in [0.25, 0.3) is 0 Å². The van der Waals surface area contributed by atoms with Crippen LogP contribution in [0.2, 0.25) is 0 Å². The van der Waals surface area contributed by atoms with Crippen LogP contribution in [-0.4, -0.2) is 47.4 Å². The number of ether oxygens (including phenoxy) is 2. The molecule has 0 amide bonds. The third-order valence-corrected chi connectivity index (χ3v) is 3.08. The van der Waals surface area contributed by atoms with Gasteiger partial charge in [-0.1, -0.05) is 33.1 Å². The number of rotatable bonds is 8. The van der Waals surface area contributed by atoms with Gasteiger partial charge in [0.15, 0.2) is 0 Å². The van der Waals surface area contributed by atoms with Crippen molar-refractivity contribution in [1.29, 1.82) is 0 Å². The van der Waals surface area contributed by atoms with Crippen LogP contribution in [0.1, 0.15) is 27.2 Å². The van der Waals surface area contributed by atoms with Crippen LogP contribution in [0.4, 0.5) is 0 Å². The predicted octanol–water partition coefficient (Wildman–Crippen LogP) is 2.19. The Hall–Kier alpha value is -2.41. The molecule has 2 atom stereocenters. The second-order valence-electron chi connectivity index (χ2n) is 5.30. The summed E-state index contributed by atoms with van der Waals surface area (Å²) in [5, 5.41) is 17.3. The van der Waals surface area contributed by atoms with E-state index >= 15 is 0 Å². The molecule has 0 bridgehead atoms. The molecule has 24 heavy (non-hydrogen) atoms. The summed E-state index contributed by atoms with van der Waals surface area (Å²) in [5.41, 5.74) is 0.637. The Morgan fingerprint density at radius 2 is 1.83 bits per heavy atom. The highest BCUT2D eigenvalue weighted by Gasteiger charge is 2.24. The first-order valence-corrected chi connectivity index (χ1v) is 7.40. The summed E-state index contributed by atoms with van der Waals surface area (Å²) in [6, 6.07) is 0. The van der Waals surface area contributed by atoms with Crippen LogP contribution in [-0.2, 0) is 23.9 Å². The van der Waals surface area contributed by atoms with Crippen molar-refractivity contribution in [2.45, 2.75) is 33.3 Å². The smallest absolute Gasteiger partial charge is 0.333 e. The number of carbonyl (C=O) groups excluding carboxylic acids is 1. The molecule has 134 valence electrons. The first-order valence-electron chi connectivity index (χ1n) is 7.40. The molecule has 1 saturated heterocycles. The summed E-state index contributed by atoms with van der Waals surface area (Å²) >= 11 is 0. The number of aliphatic carboxylic acids is 2. The van der Waals surface area contributed by atoms with Crippen LogP contribution in [0, 0.1) is 5.92 Å². The summed E-state index contributed by atoms with van der Waals surface area (Å²) in [5.74, 6) is -2.92. The van der Waals surface area contributed by atoms with Crippen molar-refractivity contribution in [3.05, 3.63) is 36.0 Å². The third-order valence-electron chi connectivity index (χ3n) is 3.08. The number of carbonyl (C=O) groups is 3. The lowest BCUT2D eigenvalue weighted by Crippen LogP contribution is -2.09. The van der Waals surface area contributed by atoms with Crippen molar-refractivity contribution in [2.24, 2.45) is 5.92 Å². The number of esters is 1. The zero-order chi connectivity index (χ0) is 18.9. The Balaban J connectivity index is 0.000000463. The van der Waals surface area contributed by atoms with Crippen LogP contribution in [0.5, 0.6) is 0 Å². The van der Waals surface area contributed by atoms with Crippen molar-refractivity contribution in [3.63, 3.8) is 0 Å². The Morgan fingerprint density at radius 3 is 2.17 bits per heavy atom. The summed E-state index contributed by atoms with van der Waals surface area (Å²) < 4.78 is 9.60. The summed E-state index contributed by atoms with van der Waals surface area (Å²) in [4.78, 5) is 31.8. The van der Waals surface area contributed by atoms with Gasteiger partial charge in [-0.05, 0) is 13.3 Å². The number of hydrogen-bond acceptors (Lipinski definition) is 5. The number of allylic oxidation sites excluding steroid dienone is 1. The monoisotopic (exact) mass is 340 g/mol. The first kappa shape index (κ1) is 21.6. The predicted molar refractivity (Wildman–Crippen MR) is 87.5 cm³/mol. The lowest BCUT2D eigenvalue weighted by atomic mass is 9.99. The van der Waals surface area contributed by atoms with Crippen LogP contribution in [0.3, 0.4) is 0 Å². The van der Waals surface area contributed by atoms with Gasteiger partial charge in [-0.3, -0.25) is 0 Å². The molecule has 0 aromatic rings. The van der Waals surface area contributed by atoms with E-state index in [-0.39, 0.29) is 23.2 Å². The molecule has 1 fully saturated rings. The maximum absolute atomic E-state index is 10.7. The molecule has 1 rings (SSSR count). The van der Waals surface area contributed by atoms with Gasteiger partial charge in [0.1, 0.15) is 12.7 Å². The SMILES string of the molecule is C=C(C(=O)O)C(C)C=C(CC)C(=O)O.C=C(C)C(=O)OCC1CO1. The molecule has 1 aliphatic heterocycles. The molecular weight excluding hydrogens is 316 g/mol. The summed E-state index contributed by atoms with van der Waals surface area (Å²) in [6.07, 6.45) is 1.93. The van der Waals surface area contributed by atoms with Gasteiger partial charge in [0.2, 0.25) is 0 Å². The molecule has 7 nitrogen and oxygen atoms in total. The quantitative estimate of drug-likeness (QED) is 0.395. The van der Waals surface area contributed by atoms with E-state index in [1.54, 1.807) is 20.8 Å². The lowest BCUT2D eigenvalue weighted by molar-refractivity contribution is -0.139. The van der Waals surface area contributed by atoms with E-state index in [0.717, 1.165) is 0 Å². The van der Waals surface area contributed by atoms with Crippen molar-refractivity contribution < 1.29 is 34.1 Å². The molecule has 0 aliphatic carbocycles. The van der Waals surface area contributed by atoms with Crippen molar-refractivity contribution in [2.75, 3.05) is 13.2 Å². The first-order chi connectivity index (χ1) is 11.1. The topological polar surface area (TPSA) is 113 Å². The molecule has 1 aliphatic rings. The molecule has 0 spiro atoms. The zero-order valence-corrected chi connectivity index (χ0v) is 14.2. The summed E-state index contributed by atoms with van der Waals surface area (Å²) in [6.45, 7) is 12.8. The Morgan fingerprint density at radius 1 is 1.29 bits per heavy atom. The highest BCUT2D eigenvalue weighted by Crippen LogP contribution is 2.14. The lowest BCUT2D eigenvalue weighted by Gasteiger charge is -2.07. The average molecular weight is 340 g/mol. The van der Waals surface area contributed by atoms with E-state index in [0.29, 0.717) is 25.2 Å². The van der Waals surface area contributed by atoms with E-state index in [1.807, 2.05) is 0 Å². The van der Waals surface area contributed by atoms with Gasteiger partial charge in [0.25, 0.3) is 0 Å². The van der Waals surface area contributed by atoms with Gasteiger partial charge in [-0.15, -0.1) is 0 Å². The fourth-order valence-corrected chi connectivity index (χ4v) is 1.39. The number of epoxide rings is 1. The van der Waals surface area contributed by atoms with Crippen LogP contribution < -0.4 is 0 Å². The Kier molecular flexibility index (Phi) is 9.34. The number of carboxylic acids is 2. The Bertz CT molecular complexity index is 541. The maximum atomic E-state index is 10.7. The van der Waals surface area contributed by atoms with Gasteiger partial charge in [-0.2, -0.15) is 0 Å². The fraction of sp³-hybridized carbons (Fsp3) is 0.471. The standard InChI is InChI=1S/C10H14O4.C7H10O3/c1-4-8(10(13)14)5-6(2)7(3)9(11)12;1-5(2)7(8)10-4-6-3-9-6/h5-6H,3-4H2,1-2H3,(H,11,12)(H,13,14);6H,1,3-4H2,2H3. The number of carboxylic acid groups (broad SMARTS) is 2. The van der Waals surface area contributed by atoms with Crippen LogP contribution >= 0.6 is 0 Å². The van der Waals surface area contributed by atoms with E-state index in [2.05, 4.69) is 13.2 Å². The van der Waals surface area contributed by atoms with Gasteiger partial charge in [-0.25, -0.2) is 14.4 Å². The molecule has 0 aromatic carbocycles. The maximum Gasteiger partial charge on any atom is 0.333 e. The van der Waals surface area contributed by atoms with Gasteiger partial charge in [0.05, 0.1) is 6.61 Å². The molecular formula is C17H24O7. The highest BCUT2D eigenvalue weighted by molar-refractivity contribution is 5.89. The molecule has 0 aromatic heterocycles. The van der Waals surface area contributed by atoms with Crippen molar-refractivity contribution in [3.8, 4) is 0 Å². The van der Waals surface area contributed by atoms with Crippen LogP contribution in [0.15, 0.2) is 36.0 Å². The van der Waals surface area contributed by atoms with Crippen molar-refractivity contribution >= 4 is 17.9 Å². The second-order valence-corrected chi connectivity index (χ2v) is 5.30. The van der Waals surface area contributed by atoms with Gasteiger partial charge < -0.3 is 19.7 Å². The molecule has 0 saturated carbocycles. The minimum absolute atomic E-state index is 0.00259. The van der Waals surface area contributed by atoms with Gasteiger partial charge >= 0.3 is 17.9 Å². The highest BCUT2D eigenvalue weighted by atomic mass is 16.6. The second kappa shape index (κ2) is 10.4. The minimum atomic E-state index is -1.10. The van der Waals surface area contributed by atoms with E-state index in [4.69, 9.17) is 19.7 Å². The fourth-order valence-electron chi connectivity index (χ4n) is 1.39. The van der Waals surface area contributed by atoms with E-state index in [9.17, 15) is 14.4 Å². The summed E-state index contributed by atoms with van der Waals surface area (Å²) in [7, 11) is 0. The molecule has 1 heterocycles. The molecule has 2 N–H and O–H groups in total. The van der Waals surface area contributed by atoms with E-state index < -0.39 is 17.9 Å². The molecule has 7 heteroatoms. The minimum Gasteiger partial charge on any atom is -0.478 e. The number of hydrogen-bond donors (Lipinski definition) is 2. The van der Waals surface area contributed by atoms with Crippen molar-refractivity contribution in [1.82, 2.24) is 0 Å². The molecule has 2 unspecified atom stereocenters. The zero-order valence-electron chi connectivity index (χ0n) is 14.2. The molecule has 0 radical (unpaired) electrons. The van der Waals surface area contributed by atoms with Gasteiger partial charge in [0, 0.05) is 22.6 Å². The van der Waals surface area contributed by atoms with E-state index in [1.165, 1.54) is 6.08 Å².